The first kappa shape index (κ1) is 6.78. The molecule has 0 aliphatic carbocycles. The van der Waals surface area contributed by atoms with Gasteiger partial charge >= 0.3 is 0 Å². The van der Waals surface area contributed by atoms with E-state index in [1.54, 1.807) is 0 Å². The van der Waals surface area contributed by atoms with E-state index in [0.29, 0.717) is 13.2 Å². The van der Waals surface area contributed by atoms with Crippen LogP contribution in [-0.4, -0.2) is 24.4 Å². The lowest BCUT2D eigenvalue weighted by atomic mass is 10.1. The lowest BCUT2D eigenvalue weighted by Crippen LogP contribution is -2.14. The van der Waals surface area contributed by atoms with Crippen LogP contribution in [0.4, 0.5) is 0 Å². The van der Waals surface area contributed by atoms with Gasteiger partial charge in [0.25, 0.3) is 0 Å². The minimum atomic E-state index is -0.277. The third kappa shape index (κ3) is 1.53. The van der Waals surface area contributed by atoms with E-state index in [1.165, 1.54) is 0 Å². The molecule has 1 heterocycles. The minimum absolute atomic E-state index is 0.231. The van der Waals surface area contributed by atoms with Gasteiger partial charge in [-0.1, -0.05) is 12.2 Å². The lowest BCUT2D eigenvalue weighted by Gasteiger charge is -2.03. The summed E-state index contributed by atoms with van der Waals surface area (Å²) in [6, 6.07) is 0. The van der Waals surface area contributed by atoms with Crippen molar-refractivity contribution in [2.45, 2.75) is 13.0 Å². The van der Waals surface area contributed by atoms with E-state index >= 15 is 0 Å². The number of hydrogen-bond donors (Lipinski definition) is 1. The third-order valence-electron chi connectivity index (χ3n) is 1.53. The SMILES string of the molecule is C/C=C/C1COCC1O. The first-order valence-corrected chi connectivity index (χ1v) is 3.23. The molecule has 0 spiro atoms. The van der Waals surface area contributed by atoms with Crippen LogP contribution in [0.2, 0.25) is 0 Å². The van der Waals surface area contributed by atoms with Gasteiger partial charge in [-0.25, -0.2) is 0 Å². The molecule has 0 amide bonds. The van der Waals surface area contributed by atoms with Gasteiger partial charge in [-0.2, -0.15) is 0 Å². The summed E-state index contributed by atoms with van der Waals surface area (Å²) in [5, 5.41) is 9.14. The predicted molar refractivity (Wildman–Crippen MR) is 35.1 cm³/mol. The molecule has 1 aliphatic heterocycles. The summed E-state index contributed by atoms with van der Waals surface area (Å²) < 4.78 is 5.02. The molecule has 9 heavy (non-hydrogen) atoms. The molecule has 2 unspecified atom stereocenters. The predicted octanol–water partition coefficient (Wildman–Crippen LogP) is 0.570. The Morgan fingerprint density at radius 3 is 2.78 bits per heavy atom. The van der Waals surface area contributed by atoms with Gasteiger partial charge < -0.3 is 9.84 Å². The molecule has 1 rings (SSSR count). The fraction of sp³-hybridized carbons (Fsp3) is 0.714. The Hall–Kier alpha value is -0.340. The molecule has 1 fully saturated rings. The van der Waals surface area contributed by atoms with Gasteiger partial charge in [0.15, 0.2) is 0 Å². The summed E-state index contributed by atoms with van der Waals surface area (Å²) in [5.74, 6) is 0.231. The van der Waals surface area contributed by atoms with Gasteiger partial charge in [0.05, 0.1) is 19.3 Å². The maximum absolute atomic E-state index is 9.14. The van der Waals surface area contributed by atoms with E-state index < -0.39 is 0 Å². The highest BCUT2D eigenvalue weighted by Gasteiger charge is 2.22. The third-order valence-corrected chi connectivity index (χ3v) is 1.53. The van der Waals surface area contributed by atoms with Crippen LogP contribution in [0.25, 0.3) is 0 Å². The Kier molecular flexibility index (Phi) is 2.25. The van der Waals surface area contributed by atoms with E-state index in [4.69, 9.17) is 9.84 Å². The number of aliphatic hydroxyl groups excluding tert-OH is 1. The van der Waals surface area contributed by atoms with Gasteiger partial charge in [0, 0.05) is 5.92 Å². The Balaban J connectivity index is 2.39. The second kappa shape index (κ2) is 2.99. The van der Waals surface area contributed by atoms with Gasteiger partial charge in [-0.05, 0) is 6.92 Å². The number of rotatable bonds is 1. The number of ether oxygens (including phenoxy) is 1. The second-order valence-electron chi connectivity index (χ2n) is 2.29. The molecule has 1 aliphatic rings. The summed E-state index contributed by atoms with van der Waals surface area (Å²) in [6.45, 7) is 3.12. The second-order valence-corrected chi connectivity index (χ2v) is 2.29. The molecule has 0 aromatic carbocycles. The van der Waals surface area contributed by atoms with Crippen molar-refractivity contribution in [1.29, 1.82) is 0 Å². The van der Waals surface area contributed by atoms with Crippen molar-refractivity contribution < 1.29 is 9.84 Å². The Morgan fingerprint density at radius 1 is 1.56 bits per heavy atom. The van der Waals surface area contributed by atoms with E-state index in [0.717, 1.165) is 0 Å². The van der Waals surface area contributed by atoms with Gasteiger partial charge in [0.1, 0.15) is 0 Å². The average Bonchev–Trinajstić information content (AvgIpc) is 2.18. The number of allylic oxidation sites excluding steroid dienone is 1. The molecule has 0 saturated carbocycles. The van der Waals surface area contributed by atoms with Gasteiger partial charge in [0.2, 0.25) is 0 Å². The Bertz CT molecular complexity index is 109. The summed E-state index contributed by atoms with van der Waals surface area (Å²) >= 11 is 0. The van der Waals surface area contributed by atoms with Crippen LogP contribution >= 0.6 is 0 Å². The van der Waals surface area contributed by atoms with Crippen LogP contribution in [0.5, 0.6) is 0 Å². The summed E-state index contributed by atoms with van der Waals surface area (Å²) in [6.07, 6.45) is 3.65. The Morgan fingerprint density at radius 2 is 2.33 bits per heavy atom. The molecule has 0 aromatic heterocycles. The molecule has 2 heteroatoms. The quantitative estimate of drug-likeness (QED) is 0.523. The first-order valence-electron chi connectivity index (χ1n) is 3.23. The molecule has 2 nitrogen and oxygen atoms in total. The normalized spacial score (nSPS) is 36.2. The molecule has 2 atom stereocenters. The Labute approximate surface area is 55.1 Å². The van der Waals surface area contributed by atoms with E-state index in [1.807, 2.05) is 19.1 Å². The highest BCUT2D eigenvalue weighted by molar-refractivity contribution is 4.92. The van der Waals surface area contributed by atoms with E-state index in [2.05, 4.69) is 0 Å². The zero-order valence-electron chi connectivity index (χ0n) is 5.58. The van der Waals surface area contributed by atoms with E-state index in [-0.39, 0.29) is 12.0 Å². The van der Waals surface area contributed by atoms with Crippen LogP contribution < -0.4 is 0 Å². The fourth-order valence-corrected chi connectivity index (χ4v) is 0.991. The first-order chi connectivity index (χ1) is 4.34. The molecular formula is C7H12O2. The van der Waals surface area contributed by atoms with Crippen molar-refractivity contribution >= 4 is 0 Å². The van der Waals surface area contributed by atoms with Crippen molar-refractivity contribution in [2.75, 3.05) is 13.2 Å². The maximum Gasteiger partial charge on any atom is 0.0858 e. The summed E-state index contributed by atoms with van der Waals surface area (Å²) in [7, 11) is 0. The van der Waals surface area contributed by atoms with Crippen molar-refractivity contribution in [3.05, 3.63) is 12.2 Å². The molecular weight excluding hydrogens is 116 g/mol. The van der Waals surface area contributed by atoms with Gasteiger partial charge in [-0.3, -0.25) is 0 Å². The zero-order chi connectivity index (χ0) is 6.69. The maximum atomic E-state index is 9.14. The van der Waals surface area contributed by atoms with Crippen molar-refractivity contribution in [3.63, 3.8) is 0 Å². The molecule has 0 radical (unpaired) electrons. The molecule has 52 valence electrons. The number of aliphatic hydroxyl groups is 1. The standard InChI is InChI=1S/C7H12O2/c1-2-3-6-4-9-5-7(6)8/h2-3,6-8H,4-5H2,1H3/b3-2+. The van der Waals surface area contributed by atoms with Crippen LogP contribution in [0.1, 0.15) is 6.92 Å². The minimum Gasteiger partial charge on any atom is -0.390 e. The lowest BCUT2D eigenvalue weighted by molar-refractivity contribution is 0.123. The smallest absolute Gasteiger partial charge is 0.0858 e. The van der Waals surface area contributed by atoms with Gasteiger partial charge in [-0.15, -0.1) is 0 Å². The topological polar surface area (TPSA) is 29.5 Å². The molecule has 0 bridgehead atoms. The largest absolute Gasteiger partial charge is 0.390 e. The molecule has 1 saturated heterocycles. The zero-order valence-corrected chi connectivity index (χ0v) is 5.58. The van der Waals surface area contributed by atoms with Crippen LogP contribution in [0.3, 0.4) is 0 Å². The monoisotopic (exact) mass is 128 g/mol. The van der Waals surface area contributed by atoms with Crippen LogP contribution in [0.15, 0.2) is 12.2 Å². The highest BCUT2D eigenvalue weighted by Crippen LogP contribution is 2.13. The number of hydrogen-bond acceptors (Lipinski definition) is 2. The summed E-state index contributed by atoms with van der Waals surface area (Å²) in [4.78, 5) is 0. The van der Waals surface area contributed by atoms with Crippen LogP contribution in [-0.2, 0) is 4.74 Å². The van der Waals surface area contributed by atoms with Crippen molar-refractivity contribution in [1.82, 2.24) is 0 Å². The summed E-state index contributed by atoms with van der Waals surface area (Å²) in [5.41, 5.74) is 0. The van der Waals surface area contributed by atoms with Crippen molar-refractivity contribution in [3.8, 4) is 0 Å². The molecule has 1 N–H and O–H groups in total. The molecule has 0 aromatic rings. The fourth-order valence-electron chi connectivity index (χ4n) is 0.991. The highest BCUT2D eigenvalue weighted by atomic mass is 16.5. The van der Waals surface area contributed by atoms with E-state index in [9.17, 15) is 0 Å². The average molecular weight is 128 g/mol. The van der Waals surface area contributed by atoms with Crippen molar-refractivity contribution in [2.24, 2.45) is 5.92 Å². The van der Waals surface area contributed by atoms with Crippen LogP contribution in [0, 0.1) is 5.92 Å².